The summed E-state index contributed by atoms with van der Waals surface area (Å²) in [5, 5.41) is 3.32. The third kappa shape index (κ3) is 4.63. The molecule has 2 aliphatic heterocycles. The van der Waals surface area contributed by atoms with Gasteiger partial charge in [-0.05, 0) is 50.0 Å². The molecule has 1 amide bonds. The molecule has 3 heterocycles. The molecule has 31 heavy (non-hydrogen) atoms. The van der Waals surface area contributed by atoms with Gasteiger partial charge in [0, 0.05) is 13.1 Å². The Morgan fingerprint density at radius 3 is 2.61 bits per heavy atom. The van der Waals surface area contributed by atoms with Gasteiger partial charge in [0.1, 0.15) is 16.9 Å². The van der Waals surface area contributed by atoms with Crippen LogP contribution in [-0.4, -0.2) is 56.5 Å². The van der Waals surface area contributed by atoms with Gasteiger partial charge in [0.05, 0.1) is 24.0 Å². The number of amides is 1. The Labute approximate surface area is 183 Å². The number of benzene rings is 1. The van der Waals surface area contributed by atoms with E-state index in [2.05, 4.69) is 28.8 Å². The van der Waals surface area contributed by atoms with Gasteiger partial charge < -0.3 is 14.6 Å². The van der Waals surface area contributed by atoms with Crippen LogP contribution in [-0.2, 0) is 16.6 Å². The molecule has 1 aromatic heterocycles. The number of hydrogen-bond donors (Lipinski definition) is 2. The summed E-state index contributed by atoms with van der Waals surface area (Å²) >= 11 is 0. The van der Waals surface area contributed by atoms with Crippen LogP contribution in [0, 0.1) is 5.92 Å². The van der Waals surface area contributed by atoms with Crippen molar-refractivity contribution in [2.45, 2.75) is 44.3 Å². The van der Waals surface area contributed by atoms with Crippen molar-refractivity contribution < 1.29 is 17.6 Å². The van der Waals surface area contributed by atoms with E-state index < -0.39 is 10.0 Å². The average Bonchev–Trinajstić information content (AvgIpc) is 3.25. The van der Waals surface area contributed by atoms with E-state index in [0.29, 0.717) is 30.9 Å². The van der Waals surface area contributed by atoms with Gasteiger partial charge in [-0.1, -0.05) is 26.0 Å². The van der Waals surface area contributed by atoms with Gasteiger partial charge in [-0.25, -0.2) is 8.42 Å². The highest BCUT2D eigenvalue weighted by Gasteiger charge is 2.36. The zero-order valence-electron chi connectivity index (χ0n) is 18.0. The highest BCUT2D eigenvalue weighted by molar-refractivity contribution is 7.89. The lowest BCUT2D eigenvalue weighted by molar-refractivity contribution is 0.0678. The molecule has 2 N–H and O–H groups in total. The first-order valence-corrected chi connectivity index (χ1v) is 12.4. The number of rotatable bonds is 6. The Morgan fingerprint density at radius 2 is 1.90 bits per heavy atom. The van der Waals surface area contributed by atoms with E-state index in [1.54, 1.807) is 24.5 Å². The predicted octanol–water partition coefficient (Wildman–Crippen LogP) is 2.70. The zero-order valence-corrected chi connectivity index (χ0v) is 18.8. The van der Waals surface area contributed by atoms with Crippen molar-refractivity contribution in [3.63, 3.8) is 0 Å². The summed E-state index contributed by atoms with van der Waals surface area (Å²) in [6, 6.07) is 8.76. The maximum Gasteiger partial charge on any atom is 0.257 e. The SMILES string of the molecule is CCN(CC)Cc1cc(C(=O)N2CCC(C3Nc4ccccc4S(=O)(=O)N3)CC2)co1. The number of fused-ring (bicyclic) bond motifs is 1. The van der Waals surface area contributed by atoms with E-state index in [-0.39, 0.29) is 22.9 Å². The van der Waals surface area contributed by atoms with Gasteiger partial charge in [0.15, 0.2) is 0 Å². The van der Waals surface area contributed by atoms with Crippen LogP contribution in [0.15, 0.2) is 45.9 Å². The summed E-state index contributed by atoms with van der Waals surface area (Å²) in [7, 11) is -3.53. The minimum atomic E-state index is -3.53. The second-order valence-electron chi connectivity index (χ2n) is 8.13. The van der Waals surface area contributed by atoms with Gasteiger partial charge in [0.2, 0.25) is 10.0 Å². The smallest absolute Gasteiger partial charge is 0.257 e. The molecule has 1 fully saturated rings. The molecule has 4 rings (SSSR count). The first-order valence-electron chi connectivity index (χ1n) is 10.9. The normalized spacial score (nSPS) is 21.0. The maximum absolute atomic E-state index is 12.9. The number of sulfonamides is 1. The van der Waals surface area contributed by atoms with Crippen LogP contribution >= 0.6 is 0 Å². The standard InChI is InChI=1S/C22H30N4O4S/c1-3-25(4-2)14-18-13-17(15-30-18)22(27)26-11-9-16(10-12-26)21-23-19-7-5-6-8-20(19)31(28,29)24-21/h5-8,13,15-16,21,23-24H,3-4,9-12,14H2,1-2H3. The number of para-hydroxylation sites is 1. The summed E-state index contributed by atoms with van der Waals surface area (Å²) in [5.74, 6) is 0.867. The lowest BCUT2D eigenvalue weighted by Gasteiger charge is -2.38. The molecule has 2 aromatic rings. The molecule has 1 aromatic carbocycles. The fraction of sp³-hybridized carbons (Fsp3) is 0.500. The van der Waals surface area contributed by atoms with Crippen LogP contribution in [0.1, 0.15) is 42.8 Å². The number of carbonyl (C=O) groups is 1. The van der Waals surface area contributed by atoms with Crippen LogP contribution in [0.25, 0.3) is 0 Å². The van der Waals surface area contributed by atoms with Crippen molar-refractivity contribution in [3.8, 4) is 0 Å². The first-order chi connectivity index (χ1) is 14.9. The van der Waals surface area contributed by atoms with E-state index in [4.69, 9.17) is 4.42 Å². The molecule has 2 aliphatic rings. The molecule has 9 heteroatoms. The Bertz CT molecular complexity index is 1020. The second-order valence-corrected chi connectivity index (χ2v) is 9.81. The molecule has 1 atom stereocenters. The average molecular weight is 447 g/mol. The number of hydrogen-bond acceptors (Lipinski definition) is 6. The maximum atomic E-state index is 12.9. The second kappa shape index (κ2) is 9.02. The zero-order chi connectivity index (χ0) is 22.0. The summed E-state index contributed by atoms with van der Waals surface area (Å²) in [5.41, 5.74) is 1.20. The fourth-order valence-corrected chi connectivity index (χ4v) is 5.71. The summed E-state index contributed by atoms with van der Waals surface area (Å²) in [6.07, 6.45) is 2.61. The number of furan rings is 1. The van der Waals surface area contributed by atoms with Gasteiger partial charge >= 0.3 is 0 Å². The molecule has 1 unspecified atom stereocenters. The molecule has 8 nitrogen and oxygen atoms in total. The van der Waals surface area contributed by atoms with Crippen molar-refractivity contribution in [1.29, 1.82) is 0 Å². The van der Waals surface area contributed by atoms with E-state index in [1.807, 2.05) is 17.0 Å². The molecule has 0 radical (unpaired) electrons. The molecule has 0 spiro atoms. The van der Waals surface area contributed by atoms with Gasteiger partial charge in [0.25, 0.3) is 5.91 Å². The minimum Gasteiger partial charge on any atom is -0.467 e. The monoisotopic (exact) mass is 446 g/mol. The molecule has 0 bridgehead atoms. The Balaban J connectivity index is 1.36. The van der Waals surface area contributed by atoms with Crippen LogP contribution in [0.3, 0.4) is 0 Å². The number of anilines is 1. The fourth-order valence-electron chi connectivity index (χ4n) is 4.32. The topological polar surface area (TPSA) is 94.9 Å². The molecule has 1 saturated heterocycles. The molecular formula is C22H30N4O4S. The van der Waals surface area contributed by atoms with Crippen molar-refractivity contribution in [2.75, 3.05) is 31.5 Å². The van der Waals surface area contributed by atoms with Crippen molar-refractivity contribution in [2.24, 2.45) is 5.92 Å². The van der Waals surface area contributed by atoms with Crippen LogP contribution in [0.5, 0.6) is 0 Å². The van der Waals surface area contributed by atoms with Crippen molar-refractivity contribution >= 4 is 21.6 Å². The van der Waals surface area contributed by atoms with E-state index in [9.17, 15) is 13.2 Å². The summed E-state index contributed by atoms with van der Waals surface area (Å²) < 4.78 is 33.5. The number of piperidine rings is 1. The van der Waals surface area contributed by atoms with E-state index in [0.717, 1.165) is 31.7 Å². The van der Waals surface area contributed by atoms with Crippen LogP contribution in [0.4, 0.5) is 5.69 Å². The van der Waals surface area contributed by atoms with Gasteiger partial charge in [-0.15, -0.1) is 0 Å². The Kier molecular flexibility index (Phi) is 6.36. The molecule has 0 saturated carbocycles. The van der Waals surface area contributed by atoms with Crippen molar-refractivity contribution in [1.82, 2.24) is 14.5 Å². The largest absolute Gasteiger partial charge is 0.467 e. The van der Waals surface area contributed by atoms with Gasteiger partial charge in [-0.2, -0.15) is 4.72 Å². The number of nitrogens with one attached hydrogen (secondary N) is 2. The third-order valence-corrected chi connectivity index (χ3v) is 7.74. The first kappa shape index (κ1) is 21.9. The number of likely N-dealkylation sites (tertiary alicyclic amines) is 1. The Hall–Kier alpha value is -2.36. The van der Waals surface area contributed by atoms with Crippen LogP contribution in [0.2, 0.25) is 0 Å². The van der Waals surface area contributed by atoms with Gasteiger partial charge in [-0.3, -0.25) is 9.69 Å². The van der Waals surface area contributed by atoms with Crippen LogP contribution < -0.4 is 10.0 Å². The summed E-state index contributed by atoms with van der Waals surface area (Å²) in [6.45, 7) is 7.92. The minimum absolute atomic E-state index is 0.0319. The molecule has 168 valence electrons. The number of nitrogens with zero attached hydrogens (tertiary/aromatic N) is 2. The lowest BCUT2D eigenvalue weighted by Crippen LogP contribution is -2.52. The van der Waals surface area contributed by atoms with Crippen molar-refractivity contribution in [3.05, 3.63) is 47.9 Å². The predicted molar refractivity (Wildman–Crippen MR) is 118 cm³/mol. The van der Waals surface area contributed by atoms with E-state index >= 15 is 0 Å². The van der Waals surface area contributed by atoms with E-state index in [1.165, 1.54) is 0 Å². The Morgan fingerprint density at radius 1 is 1.19 bits per heavy atom. The number of carbonyl (C=O) groups excluding carboxylic acids is 1. The highest BCUT2D eigenvalue weighted by atomic mass is 32.2. The highest BCUT2D eigenvalue weighted by Crippen LogP contribution is 2.31. The lowest BCUT2D eigenvalue weighted by atomic mass is 9.93. The molecule has 0 aliphatic carbocycles. The molecular weight excluding hydrogens is 416 g/mol. The third-order valence-electron chi connectivity index (χ3n) is 6.24. The summed E-state index contributed by atoms with van der Waals surface area (Å²) in [4.78, 5) is 17.2. The quantitative estimate of drug-likeness (QED) is 0.709.